The van der Waals surface area contributed by atoms with Crippen molar-refractivity contribution < 1.29 is 9.59 Å². The quantitative estimate of drug-likeness (QED) is 0.875. The highest BCUT2D eigenvalue weighted by atomic mass is 32.1. The minimum absolute atomic E-state index is 0.0548. The normalized spacial score (nSPS) is 10.7. The number of rotatable bonds is 6. The van der Waals surface area contributed by atoms with Crippen LogP contribution in [0.15, 0.2) is 29.0 Å². The molecule has 0 saturated carbocycles. The minimum Gasteiger partial charge on any atom is -0.352 e. The molecule has 0 spiro atoms. The van der Waals surface area contributed by atoms with E-state index in [1.165, 1.54) is 4.90 Å². The molecule has 2 amide bonds. The predicted molar refractivity (Wildman–Crippen MR) is 97.1 cm³/mol. The number of thiophene rings is 1. The molecule has 5 nitrogen and oxygen atoms in total. The fourth-order valence-corrected chi connectivity index (χ4v) is 3.05. The minimum atomic E-state index is -0.168. The van der Waals surface area contributed by atoms with Gasteiger partial charge in [-0.05, 0) is 51.3 Å². The summed E-state index contributed by atoms with van der Waals surface area (Å²) in [6.07, 6.45) is 0. The Morgan fingerprint density at radius 2 is 2.04 bits per heavy atom. The highest BCUT2D eigenvalue weighted by Gasteiger charge is 2.20. The molecule has 0 radical (unpaired) electrons. The first-order valence-electron chi connectivity index (χ1n) is 8.01. The van der Waals surface area contributed by atoms with Crippen molar-refractivity contribution in [3.63, 3.8) is 0 Å². The van der Waals surface area contributed by atoms with E-state index >= 15 is 0 Å². The first kappa shape index (κ1) is 18.1. The van der Waals surface area contributed by atoms with Crippen molar-refractivity contribution >= 4 is 23.2 Å². The lowest BCUT2D eigenvalue weighted by Crippen LogP contribution is -2.42. The van der Waals surface area contributed by atoms with Gasteiger partial charge < -0.3 is 10.2 Å². The van der Waals surface area contributed by atoms with E-state index in [-0.39, 0.29) is 24.4 Å². The van der Waals surface area contributed by atoms with E-state index in [4.69, 9.17) is 0 Å². The maximum absolute atomic E-state index is 12.7. The average molecular weight is 345 g/mol. The van der Waals surface area contributed by atoms with Crippen molar-refractivity contribution in [1.29, 1.82) is 0 Å². The number of aromatic nitrogens is 1. The van der Waals surface area contributed by atoms with Crippen LogP contribution in [0.2, 0.25) is 0 Å². The van der Waals surface area contributed by atoms with Crippen molar-refractivity contribution in [3.8, 4) is 11.3 Å². The number of carbonyl (C=O) groups excluding carboxylic acids is 2. The van der Waals surface area contributed by atoms with Gasteiger partial charge in [0.25, 0.3) is 5.91 Å². The molecule has 2 aromatic rings. The van der Waals surface area contributed by atoms with Crippen molar-refractivity contribution in [3.05, 3.63) is 40.2 Å². The number of likely N-dealkylation sites (N-methyl/N-ethyl adjacent to an activating group) is 1. The van der Waals surface area contributed by atoms with Gasteiger partial charge in [0.1, 0.15) is 0 Å². The number of nitrogens with zero attached hydrogens (tertiary/aromatic N) is 2. The topological polar surface area (TPSA) is 62.3 Å². The standard InChI is InChI=1S/C18H23N3O2S/c1-5-21(10-17(22)19-12(2)3)18(23)15-6-7-16(20-13(15)4)14-8-9-24-11-14/h6-9,11-12H,5,10H2,1-4H3,(H,19,22). The Hall–Kier alpha value is -2.21. The summed E-state index contributed by atoms with van der Waals surface area (Å²) in [6.45, 7) is 8.00. The maximum Gasteiger partial charge on any atom is 0.256 e. The number of pyridine rings is 1. The van der Waals surface area contributed by atoms with E-state index in [2.05, 4.69) is 10.3 Å². The van der Waals surface area contributed by atoms with Crippen molar-refractivity contribution in [2.24, 2.45) is 0 Å². The third-order valence-electron chi connectivity index (χ3n) is 3.59. The highest BCUT2D eigenvalue weighted by molar-refractivity contribution is 7.08. The van der Waals surface area contributed by atoms with Gasteiger partial charge in [0.15, 0.2) is 0 Å². The molecule has 1 N–H and O–H groups in total. The number of hydrogen-bond donors (Lipinski definition) is 1. The second-order valence-electron chi connectivity index (χ2n) is 5.88. The van der Waals surface area contributed by atoms with Crippen LogP contribution in [0.4, 0.5) is 0 Å². The maximum atomic E-state index is 12.7. The molecule has 0 aliphatic heterocycles. The molecule has 2 aromatic heterocycles. The van der Waals surface area contributed by atoms with Gasteiger partial charge in [-0.15, -0.1) is 0 Å². The second kappa shape index (κ2) is 8.06. The SMILES string of the molecule is CCN(CC(=O)NC(C)C)C(=O)c1ccc(-c2ccsc2)nc1C. The number of aryl methyl sites for hydroxylation is 1. The molecule has 2 heterocycles. The molecule has 0 atom stereocenters. The Kier molecular flexibility index (Phi) is 6.09. The van der Waals surface area contributed by atoms with Crippen molar-refractivity contribution in [2.45, 2.75) is 33.7 Å². The third-order valence-corrected chi connectivity index (χ3v) is 4.27. The molecule has 24 heavy (non-hydrogen) atoms. The first-order valence-corrected chi connectivity index (χ1v) is 8.95. The third kappa shape index (κ3) is 4.41. The van der Waals surface area contributed by atoms with Gasteiger partial charge in [0.2, 0.25) is 5.91 Å². The van der Waals surface area contributed by atoms with Crippen molar-refractivity contribution in [1.82, 2.24) is 15.2 Å². The van der Waals surface area contributed by atoms with Crippen LogP contribution in [0, 0.1) is 6.92 Å². The Morgan fingerprint density at radius 1 is 1.29 bits per heavy atom. The smallest absolute Gasteiger partial charge is 0.256 e. The van der Waals surface area contributed by atoms with Gasteiger partial charge in [0.05, 0.1) is 23.5 Å². The van der Waals surface area contributed by atoms with Crippen LogP contribution in [-0.4, -0.2) is 40.8 Å². The van der Waals surface area contributed by atoms with E-state index in [9.17, 15) is 9.59 Å². The predicted octanol–water partition coefficient (Wildman–Crippen LogP) is 3.11. The lowest BCUT2D eigenvalue weighted by atomic mass is 10.1. The molecule has 0 aromatic carbocycles. The second-order valence-corrected chi connectivity index (χ2v) is 6.66. The van der Waals surface area contributed by atoms with Gasteiger partial charge in [-0.2, -0.15) is 11.3 Å². The van der Waals surface area contributed by atoms with E-state index in [1.807, 2.05) is 50.6 Å². The fourth-order valence-electron chi connectivity index (χ4n) is 2.40. The summed E-state index contributed by atoms with van der Waals surface area (Å²) in [7, 11) is 0. The highest BCUT2D eigenvalue weighted by Crippen LogP contribution is 2.22. The Balaban J connectivity index is 2.17. The Labute approximate surface area is 146 Å². The summed E-state index contributed by atoms with van der Waals surface area (Å²) in [5, 5.41) is 6.83. The first-order chi connectivity index (χ1) is 11.4. The lowest BCUT2D eigenvalue weighted by Gasteiger charge is -2.22. The molecular weight excluding hydrogens is 322 g/mol. The fraction of sp³-hybridized carbons (Fsp3) is 0.389. The van der Waals surface area contributed by atoms with Crippen molar-refractivity contribution in [2.75, 3.05) is 13.1 Å². The van der Waals surface area contributed by atoms with E-state index in [0.29, 0.717) is 17.8 Å². The number of nitrogens with one attached hydrogen (secondary N) is 1. The zero-order chi connectivity index (χ0) is 17.7. The van der Waals surface area contributed by atoms with Gasteiger partial charge in [0, 0.05) is 23.5 Å². The Morgan fingerprint density at radius 3 is 2.58 bits per heavy atom. The number of carbonyl (C=O) groups is 2. The molecule has 128 valence electrons. The number of hydrogen-bond acceptors (Lipinski definition) is 4. The molecule has 0 unspecified atom stereocenters. The van der Waals surface area contributed by atoms with Gasteiger partial charge in [-0.1, -0.05) is 0 Å². The monoisotopic (exact) mass is 345 g/mol. The summed E-state index contributed by atoms with van der Waals surface area (Å²) in [5.74, 6) is -0.320. The van der Waals surface area contributed by atoms with Crippen LogP contribution < -0.4 is 5.32 Å². The van der Waals surface area contributed by atoms with Crippen LogP contribution in [0.3, 0.4) is 0 Å². The number of amides is 2. The molecule has 0 fully saturated rings. The van der Waals surface area contributed by atoms with Crippen LogP contribution in [0.1, 0.15) is 36.8 Å². The zero-order valence-corrected chi connectivity index (χ0v) is 15.3. The van der Waals surface area contributed by atoms with Gasteiger partial charge in [-0.25, -0.2) is 0 Å². The van der Waals surface area contributed by atoms with Crippen LogP contribution in [-0.2, 0) is 4.79 Å². The van der Waals surface area contributed by atoms with Crippen LogP contribution in [0.25, 0.3) is 11.3 Å². The van der Waals surface area contributed by atoms with Crippen LogP contribution >= 0.6 is 11.3 Å². The summed E-state index contributed by atoms with van der Waals surface area (Å²) in [4.78, 5) is 30.7. The zero-order valence-electron chi connectivity index (χ0n) is 14.5. The Bertz CT molecular complexity index is 711. The summed E-state index contributed by atoms with van der Waals surface area (Å²) < 4.78 is 0. The molecule has 0 saturated heterocycles. The van der Waals surface area contributed by atoms with Crippen LogP contribution in [0.5, 0.6) is 0 Å². The molecule has 0 bridgehead atoms. The molecule has 0 aliphatic carbocycles. The van der Waals surface area contributed by atoms with E-state index in [1.54, 1.807) is 17.4 Å². The van der Waals surface area contributed by atoms with E-state index < -0.39 is 0 Å². The van der Waals surface area contributed by atoms with Gasteiger partial charge in [-0.3, -0.25) is 14.6 Å². The van der Waals surface area contributed by atoms with E-state index in [0.717, 1.165) is 11.3 Å². The average Bonchev–Trinajstić information content (AvgIpc) is 3.05. The summed E-state index contributed by atoms with van der Waals surface area (Å²) in [6, 6.07) is 5.70. The molecule has 2 rings (SSSR count). The molecular formula is C18H23N3O2S. The summed E-state index contributed by atoms with van der Waals surface area (Å²) >= 11 is 1.61. The van der Waals surface area contributed by atoms with Gasteiger partial charge >= 0.3 is 0 Å². The lowest BCUT2D eigenvalue weighted by molar-refractivity contribution is -0.122. The molecule has 0 aliphatic rings. The largest absolute Gasteiger partial charge is 0.352 e. The summed E-state index contributed by atoms with van der Waals surface area (Å²) in [5.41, 5.74) is 3.11. The molecule has 6 heteroatoms.